The van der Waals surface area contributed by atoms with Crippen molar-refractivity contribution in [3.8, 4) is 5.69 Å². The quantitative estimate of drug-likeness (QED) is 0.283. The minimum absolute atomic E-state index is 0.657. The predicted molar refractivity (Wildman–Crippen MR) is 70.3 cm³/mol. The molecule has 0 N–H and O–H groups in total. The van der Waals surface area contributed by atoms with Crippen molar-refractivity contribution >= 4 is 10.9 Å². The normalized spacial score (nSPS) is 10.7. The minimum Gasteiger partial charge on any atom is -0.312 e. The Labute approximate surface area is 109 Å². The second kappa shape index (κ2) is 5.71. The zero-order valence-electron chi connectivity index (χ0n) is 10.6. The van der Waals surface area contributed by atoms with Crippen molar-refractivity contribution in [3.05, 3.63) is 40.4 Å². The SMILES string of the molecule is CCCCCN=[N+]=[N-].Fc1cc2c3cn-3c2cc1F. The molecule has 2 heterocycles. The van der Waals surface area contributed by atoms with E-state index in [1.165, 1.54) is 25.0 Å². The number of hydrogen-bond acceptors (Lipinski definition) is 1. The molecule has 0 saturated heterocycles. The lowest BCUT2D eigenvalue weighted by Gasteiger charge is -2.04. The van der Waals surface area contributed by atoms with Gasteiger partial charge in [0.1, 0.15) is 0 Å². The fraction of sp³-hybridized carbons (Fsp3) is 0.385. The van der Waals surface area contributed by atoms with Gasteiger partial charge in [0.05, 0.1) is 11.2 Å². The number of azide groups is 1. The number of halogens is 2. The van der Waals surface area contributed by atoms with Gasteiger partial charge in [-0.3, -0.25) is 0 Å². The van der Waals surface area contributed by atoms with Crippen LogP contribution < -0.4 is 0 Å². The first-order valence-electron chi connectivity index (χ1n) is 6.20. The Balaban J connectivity index is 0.000000151. The number of unbranched alkanes of at least 4 members (excludes halogenated alkanes) is 2. The van der Waals surface area contributed by atoms with Gasteiger partial charge in [-0.1, -0.05) is 24.9 Å². The van der Waals surface area contributed by atoms with Gasteiger partial charge < -0.3 is 4.57 Å². The molecule has 4 nitrogen and oxygen atoms in total. The molecule has 0 unspecified atom stereocenters. The summed E-state index contributed by atoms with van der Waals surface area (Å²) in [5.41, 5.74) is 9.61. The Bertz CT molecular complexity index is 600. The van der Waals surface area contributed by atoms with E-state index < -0.39 is 11.6 Å². The van der Waals surface area contributed by atoms with Crippen molar-refractivity contribution in [2.45, 2.75) is 26.2 Å². The molecule has 0 saturated carbocycles. The number of rotatable bonds is 4. The van der Waals surface area contributed by atoms with E-state index in [-0.39, 0.29) is 0 Å². The number of fused-ring (bicyclic) bond motifs is 4. The third-order valence-electron chi connectivity index (χ3n) is 2.94. The summed E-state index contributed by atoms with van der Waals surface area (Å²) in [6.07, 6.45) is 5.23. The molecule has 2 aliphatic heterocycles. The summed E-state index contributed by atoms with van der Waals surface area (Å²) >= 11 is 0. The van der Waals surface area contributed by atoms with Crippen molar-refractivity contribution < 1.29 is 8.78 Å². The molecule has 6 heteroatoms. The maximum atomic E-state index is 12.6. The highest BCUT2D eigenvalue weighted by atomic mass is 19.2. The molecule has 1 aromatic rings. The lowest BCUT2D eigenvalue weighted by Crippen LogP contribution is -1.92. The van der Waals surface area contributed by atoms with Gasteiger partial charge in [0.15, 0.2) is 11.6 Å². The van der Waals surface area contributed by atoms with Gasteiger partial charge >= 0.3 is 0 Å². The molecule has 0 amide bonds. The predicted octanol–water partition coefficient (Wildman–Crippen LogP) is 4.71. The lowest BCUT2D eigenvalue weighted by atomic mass is 10.2. The largest absolute Gasteiger partial charge is 0.312 e. The molecule has 0 bridgehead atoms. The first-order chi connectivity index (χ1) is 9.19. The second-order valence-corrected chi connectivity index (χ2v) is 4.33. The molecule has 2 aliphatic rings. The van der Waals surface area contributed by atoms with Gasteiger partial charge in [0.2, 0.25) is 0 Å². The first-order valence-corrected chi connectivity index (χ1v) is 6.20. The van der Waals surface area contributed by atoms with Gasteiger partial charge in [0.25, 0.3) is 0 Å². The van der Waals surface area contributed by atoms with E-state index in [9.17, 15) is 8.78 Å². The van der Waals surface area contributed by atoms with E-state index in [1.807, 2.05) is 10.8 Å². The van der Waals surface area contributed by atoms with E-state index in [4.69, 9.17) is 5.53 Å². The van der Waals surface area contributed by atoms with E-state index in [0.717, 1.165) is 23.0 Å². The Morgan fingerprint density at radius 1 is 1.26 bits per heavy atom. The zero-order valence-corrected chi connectivity index (χ0v) is 10.6. The summed E-state index contributed by atoms with van der Waals surface area (Å²) < 4.78 is 27.0. The van der Waals surface area contributed by atoms with Crippen LogP contribution >= 0.6 is 0 Å². The summed E-state index contributed by atoms with van der Waals surface area (Å²) in [4.78, 5) is 2.63. The molecule has 1 aromatic carbocycles. The third kappa shape index (κ3) is 2.85. The Morgan fingerprint density at radius 3 is 2.68 bits per heavy atom. The molecule has 0 aliphatic carbocycles. The highest BCUT2D eigenvalue weighted by Crippen LogP contribution is 2.39. The smallest absolute Gasteiger partial charge is 0.160 e. The number of benzene rings is 1. The van der Waals surface area contributed by atoms with Crippen LogP contribution in [0.4, 0.5) is 8.78 Å². The first kappa shape index (κ1) is 13.4. The molecular weight excluding hydrogens is 250 g/mol. The monoisotopic (exact) mass is 264 g/mol. The number of aromatic nitrogens is 1. The van der Waals surface area contributed by atoms with E-state index in [1.54, 1.807) is 0 Å². The maximum Gasteiger partial charge on any atom is 0.160 e. The van der Waals surface area contributed by atoms with Crippen molar-refractivity contribution in [2.24, 2.45) is 5.11 Å². The number of hydrogen-bond donors (Lipinski definition) is 0. The van der Waals surface area contributed by atoms with E-state index in [0.29, 0.717) is 6.54 Å². The average Bonchev–Trinajstić information content (AvgIpc) is 3.13. The molecule has 19 heavy (non-hydrogen) atoms. The van der Waals surface area contributed by atoms with Gasteiger partial charge in [-0.05, 0) is 18.0 Å². The Hall–Kier alpha value is -2.07. The molecule has 0 aromatic heterocycles. The summed E-state index contributed by atoms with van der Waals surface area (Å²) in [7, 11) is 0. The van der Waals surface area contributed by atoms with Crippen LogP contribution in [0.15, 0.2) is 23.4 Å². The van der Waals surface area contributed by atoms with Crippen molar-refractivity contribution in [1.29, 1.82) is 0 Å². The van der Waals surface area contributed by atoms with Crippen molar-refractivity contribution in [2.75, 3.05) is 6.54 Å². The van der Waals surface area contributed by atoms with Crippen LogP contribution in [-0.4, -0.2) is 11.1 Å². The van der Waals surface area contributed by atoms with Crippen molar-refractivity contribution in [1.82, 2.24) is 4.57 Å². The Morgan fingerprint density at radius 2 is 2.00 bits per heavy atom. The van der Waals surface area contributed by atoms with Crippen LogP contribution in [0.3, 0.4) is 0 Å². The van der Waals surface area contributed by atoms with Gasteiger partial charge in [-0.2, -0.15) is 0 Å². The van der Waals surface area contributed by atoms with E-state index in [2.05, 4.69) is 16.9 Å². The summed E-state index contributed by atoms with van der Waals surface area (Å²) in [6, 6.07) is 2.46. The van der Waals surface area contributed by atoms with Crippen LogP contribution in [0.1, 0.15) is 26.2 Å². The molecule has 0 radical (unpaired) electrons. The average molecular weight is 264 g/mol. The van der Waals surface area contributed by atoms with Crippen LogP contribution in [-0.2, 0) is 0 Å². The van der Waals surface area contributed by atoms with E-state index >= 15 is 0 Å². The molecular formula is C13H14F2N4. The standard InChI is InChI=1S/C8H3F2N.C5H11N3/c9-5-1-4-7(2-6(5)10)11-3-8(4)11;1-2-3-4-5-7-8-6/h1-3H;2-5H2,1H3. The minimum atomic E-state index is -0.775. The number of nitrogens with zero attached hydrogens (tertiary/aromatic N) is 4. The molecule has 0 spiro atoms. The summed E-state index contributed by atoms with van der Waals surface area (Å²) in [6.45, 7) is 2.78. The lowest BCUT2D eigenvalue weighted by molar-refractivity contribution is 0.510. The second-order valence-electron chi connectivity index (χ2n) is 4.33. The summed E-state index contributed by atoms with van der Waals surface area (Å²) in [5, 5.41) is 4.21. The maximum absolute atomic E-state index is 12.6. The Kier molecular flexibility index (Phi) is 4.02. The van der Waals surface area contributed by atoms with Gasteiger partial charge in [0, 0.05) is 29.1 Å². The molecule has 0 atom stereocenters. The van der Waals surface area contributed by atoms with Crippen LogP contribution in [0.5, 0.6) is 0 Å². The van der Waals surface area contributed by atoms with Crippen LogP contribution in [0.25, 0.3) is 27.0 Å². The third-order valence-corrected chi connectivity index (χ3v) is 2.94. The van der Waals surface area contributed by atoms with Crippen molar-refractivity contribution in [3.63, 3.8) is 0 Å². The topological polar surface area (TPSA) is 53.7 Å². The molecule has 100 valence electrons. The fourth-order valence-corrected chi connectivity index (χ4v) is 1.86. The highest BCUT2D eigenvalue weighted by molar-refractivity contribution is 6.00. The molecule has 0 fully saturated rings. The zero-order chi connectivity index (χ0) is 13.8. The molecule has 3 rings (SSSR count). The summed E-state index contributed by atoms with van der Waals surface area (Å²) in [5.74, 6) is -1.54. The van der Waals surface area contributed by atoms with Crippen LogP contribution in [0, 0.1) is 11.6 Å². The van der Waals surface area contributed by atoms with Gasteiger partial charge in [-0.15, -0.1) is 0 Å². The fourth-order valence-electron chi connectivity index (χ4n) is 1.86. The highest BCUT2D eigenvalue weighted by Gasteiger charge is 2.24. The van der Waals surface area contributed by atoms with Crippen LogP contribution in [0.2, 0.25) is 0 Å². The van der Waals surface area contributed by atoms with Gasteiger partial charge in [-0.25, -0.2) is 8.78 Å².